The number of hydrogen-bond donors (Lipinski definition) is 0. The van der Waals surface area contributed by atoms with Crippen LogP contribution in [0.1, 0.15) is 33.6 Å². The van der Waals surface area contributed by atoms with E-state index in [9.17, 15) is 14.7 Å². The highest BCUT2D eigenvalue weighted by molar-refractivity contribution is 5.72. The number of rotatable bonds is 1. The zero-order valence-corrected chi connectivity index (χ0v) is 11.1. The van der Waals surface area contributed by atoms with E-state index >= 15 is 0 Å². The summed E-state index contributed by atoms with van der Waals surface area (Å²) in [4.78, 5) is 24.7. The van der Waals surface area contributed by atoms with Crippen LogP contribution >= 0.6 is 0 Å². The highest BCUT2D eigenvalue weighted by atomic mass is 16.6. The number of likely N-dealkylation sites (tertiary alicyclic amines) is 1. The monoisotopic (exact) mass is 254 g/mol. The van der Waals surface area contributed by atoms with Crippen LogP contribution in [-0.2, 0) is 9.53 Å². The molecule has 0 spiro atoms. The van der Waals surface area contributed by atoms with Gasteiger partial charge in [0.25, 0.3) is 0 Å². The molecule has 5 heteroatoms. The van der Waals surface area contributed by atoms with E-state index in [1.54, 1.807) is 4.90 Å². The van der Waals surface area contributed by atoms with E-state index < -0.39 is 11.6 Å². The van der Waals surface area contributed by atoms with Crippen molar-refractivity contribution in [3.05, 3.63) is 0 Å². The van der Waals surface area contributed by atoms with Crippen LogP contribution in [0.3, 0.4) is 0 Å². The standard InChI is InChI=1S/C13H21NO4/c1-13(2,3)18-12(17)14-6-8-4-5-9(7-14)10(8)11(15)16/h8-10H,4-7H2,1-3H3,(H,15,16)/p-1. The van der Waals surface area contributed by atoms with Gasteiger partial charge in [0.15, 0.2) is 0 Å². The van der Waals surface area contributed by atoms with Crippen molar-refractivity contribution in [2.45, 2.75) is 39.2 Å². The van der Waals surface area contributed by atoms with E-state index in [0.717, 1.165) is 12.8 Å². The second-order valence-corrected chi connectivity index (χ2v) is 6.33. The van der Waals surface area contributed by atoms with E-state index in [1.165, 1.54) is 0 Å². The Labute approximate surface area is 107 Å². The molecule has 0 aromatic heterocycles. The number of nitrogens with zero attached hydrogens (tertiary/aromatic N) is 1. The molecular formula is C13H20NO4-. The van der Waals surface area contributed by atoms with Gasteiger partial charge >= 0.3 is 6.09 Å². The molecule has 2 bridgehead atoms. The second kappa shape index (κ2) is 4.44. The molecule has 0 aromatic rings. The molecule has 5 nitrogen and oxygen atoms in total. The lowest BCUT2D eigenvalue weighted by Gasteiger charge is -2.38. The van der Waals surface area contributed by atoms with Gasteiger partial charge in [-0.1, -0.05) is 0 Å². The van der Waals surface area contributed by atoms with Crippen molar-refractivity contribution in [3.63, 3.8) is 0 Å². The molecule has 0 radical (unpaired) electrons. The van der Waals surface area contributed by atoms with Gasteiger partial charge in [-0.05, 0) is 45.4 Å². The number of carboxylic acid groups (broad SMARTS) is 1. The zero-order chi connectivity index (χ0) is 13.5. The van der Waals surface area contributed by atoms with Gasteiger partial charge in [-0.2, -0.15) is 0 Å². The van der Waals surface area contributed by atoms with Crippen molar-refractivity contribution in [3.8, 4) is 0 Å². The van der Waals surface area contributed by atoms with Crippen LogP contribution in [0.4, 0.5) is 4.79 Å². The van der Waals surface area contributed by atoms with Crippen molar-refractivity contribution < 1.29 is 19.4 Å². The second-order valence-electron chi connectivity index (χ2n) is 6.33. The third-order valence-electron chi connectivity index (χ3n) is 3.76. The molecule has 2 unspecified atom stereocenters. The third kappa shape index (κ3) is 2.60. The maximum Gasteiger partial charge on any atom is 0.410 e. The SMILES string of the molecule is CC(C)(C)OC(=O)N1CC2CCC(C1)C2C(=O)[O-]. The number of amides is 1. The van der Waals surface area contributed by atoms with Gasteiger partial charge in [-0.3, -0.25) is 0 Å². The summed E-state index contributed by atoms with van der Waals surface area (Å²) in [5, 5.41) is 11.1. The summed E-state index contributed by atoms with van der Waals surface area (Å²) >= 11 is 0. The number of fused-ring (bicyclic) bond motifs is 2. The Morgan fingerprint density at radius 3 is 2.06 bits per heavy atom. The average Bonchev–Trinajstić information content (AvgIpc) is 2.47. The molecule has 1 aliphatic carbocycles. The lowest BCUT2D eigenvalue weighted by atomic mass is 9.85. The molecule has 0 N–H and O–H groups in total. The molecule has 2 aliphatic rings. The quantitative estimate of drug-likeness (QED) is 0.688. The molecule has 2 fully saturated rings. The number of aliphatic carboxylic acids is 1. The van der Waals surface area contributed by atoms with E-state index in [1.807, 2.05) is 20.8 Å². The largest absolute Gasteiger partial charge is 0.550 e. The molecule has 0 aromatic carbocycles. The number of hydrogen-bond acceptors (Lipinski definition) is 4. The van der Waals surface area contributed by atoms with Crippen LogP contribution in [0.15, 0.2) is 0 Å². The smallest absolute Gasteiger partial charge is 0.410 e. The predicted octanol–water partition coefficient (Wildman–Crippen LogP) is 0.629. The van der Waals surface area contributed by atoms with Crippen LogP contribution in [0.25, 0.3) is 0 Å². The molecular weight excluding hydrogens is 234 g/mol. The molecule has 1 amide bonds. The number of ether oxygens (including phenoxy) is 1. The Hall–Kier alpha value is -1.26. The summed E-state index contributed by atoms with van der Waals surface area (Å²) in [6.07, 6.45) is 1.39. The zero-order valence-electron chi connectivity index (χ0n) is 11.1. The molecule has 2 rings (SSSR count). The number of piperidine rings is 1. The molecule has 18 heavy (non-hydrogen) atoms. The van der Waals surface area contributed by atoms with E-state index in [0.29, 0.717) is 13.1 Å². The summed E-state index contributed by atoms with van der Waals surface area (Å²) in [7, 11) is 0. The normalized spacial score (nSPS) is 31.3. The van der Waals surface area contributed by atoms with Crippen LogP contribution < -0.4 is 5.11 Å². The van der Waals surface area contributed by atoms with E-state index in [4.69, 9.17) is 4.74 Å². The maximum absolute atomic E-state index is 11.9. The summed E-state index contributed by atoms with van der Waals surface area (Å²) in [6, 6.07) is 0. The Kier molecular flexibility index (Phi) is 3.25. The fraction of sp³-hybridized carbons (Fsp3) is 0.846. The van der Waals surface area contributed by atoms with Crippen molar-refractivity contribution >= 4 is 12.1 Å². The number of carbonyl (C=O) groups excluding carboxylic acids is 2. The Balaban J connectivity index is 2.00. The molecule has 2 atom stereocenters. The van der Waals surface area contributed by atoms with Gasteiger partial charge in [-0.25, -0.2) is 4.79 Å². The fourth-order valence-corrected chi connectivity index (χ4v) is 3.08. The highest BCUT2D eigenvalue weighted by Gasteiger charge is 2.44. The van der Waals surface area contributed by atoms with Crippen molar-refractivity contribution in [2.75, 3.05) is 13.1 Å². The first-order valence-electron chi connectivity index (χ1n) is 6.47. The number of carboxylic acids is 1. The molecule has 102 valence electrons. The Morgan fingerprint density at radius 2 is 1.67 bits per heavy atom. The van der Waals surface area contributed by atoms with Gasteiger partial charge in [0.05, 0.1) is 0 Å². The van der Waals surface area contributed by atoms with Crippen molar-refractivity contribution in [1.29, 1.82) is 0 Å². The fourth-order valence-electron chi connectivity index (χ4n) is 3.08. The Morgan fingerprint density at radius 1 is 1.17 bits per heavy atom. The van der Waals surface area contributed by atoms with Gasteiger partial charge in [0, 0.05) is 25.0 Å². The molecule has 1 heterocycles. The summed E-state index contributed by atoms with van der Waals surface area (Å²) in [5.74, 6) is -1.29. The van der Waals surface area contributed by atoms with Crippen molar-refractivity contribution in [2.24, 2.45) is 17.8 Å². The minimum atomic E-state index is -0.966. The first-order chi connectivity index (χ1) is 8.28. The van der Waals surface area contributed by atoms with Gasteiger partial charge in [0.2, 0.25) is 0 Å². The van der Waals surface area contributed by atoms with Gasteiger partial charge in [0.1, 0.15) is 5.60 Å². The molecule has 1 saturated carbocycles. The summed E-state index contributed by atoms with van der Waals surface area (Å²) in [6.45, 7) is 6.43. The van der Waals surface area contributed by atoms with E-state index in [-0.39, 0.29) is 23.8 Å². The maximum atomic E-state index is 11.9. The average molecular weight is 254 g/mol. The van der Waals surface area contributed by atoms with Crippen molar-refractivity contribution in [1.82, 2.24) is 4.90 Å². The minimum absolute atomic E-state index is 0.0290. The first kappa shape index (κ1) is 13.2. The highest BCUT2D eigenvalue weighted by Crippen LogP contribution is 2.41. The molecule has 1 saturated heterocycles. The lowest BCUT2D eigenvalue weighted by Crippen LogP contribution is -2.51. The third-order valence-corrected chi connectivity index (χ3v) is 3.76. The predicted molar refractivity (Wildman–Crippen MR) is 62.5 cm³/mol. The first-order valence-corrected chi connectivity index (χ1v) is 6.47. The lowest BCUT2D eigenvalue weighted by molar-refractivity contribution is -0.315. The van der Waals surface area contributed by atoms with Gasteiger partial charge in [-0.15, -0.1) is 0 Å². The molecule has 1 aliphatic heterocycles. The Bertz CT molecular complexity index is 346. The number of carbonyl (C=O) groups is 2. The van der Waals surface area contributed by atoms with Crippen LogP contribution in [0, 0.1) is 17.8 Å². The van der Waals surface area contributed by atoms with Crippen LogP contribution in [0.2, 0.25) is 0 Å². The minimum Gasteiger partial charge on any atom is -0.550 e. The van der Waals surface area contributed by atoms with Crippen LogP contribution in [0.5, 0.6) is 0 Å². The van der Waals surface area contributed by atoms with Gasteiger partial charge < -0.3 is 19.5 Å². The van der Waals surface area contributed by atoms with Crippen LogP contribution in [-0.4, -0.2) is 35.7 Å². The van der Waals surface area contributed by atoms with E-state index in [2.05, 4.69) is 0 Å². The summed E-state index contributed by atoms with van der Waals surface area (Å²) in [5.41, 5.74) is -0.513. The topological polar surface area (TPSA) is 69.7 Å². The summed E-state index contributed by atoms with van der Waals surface area (Å²) < 4.78 is 5.32.